The molecule has 2 unspecified atom stereocenters. The summed E-state index contributed by atoms with van der Waals surface area (Å²) in [5, 5.41) is 11.1. The molecule has 116 valence electrons. The summed E-state index contributed by atoms with van der Waals surface area (Å²) in [6.07, 6.45) is 1.86. The molecule has 1 aliphatic heterocycles. The fourth-order valence-electron chi connectivity index (χ4n) is 2.77. The molecular formula is C15H23N3O3. The van der Waals surface area contributed by atoms with Crippen molar-refractivity contribution in [3.05, 3.63) is 28.3 Å². The van der Waals surface area contributed by atoms with Crippen molar-refractivity contribution in [1.29, 1.82) is 0 Å². The summed E-state index contributed by atoms with van der Waals surface area (Å²) < 4.78 is 5.57. The molecule has 6 nitrogen and oxygen atoms in total. The van der Waals surface area contributed by atoms with Crippen molar-refractivity contribution in [2.45, 2.75) is 32.7 Å². The molecule has 0 bridgehead atoms. The van der Waals surface area contributed by atoms with Gasteiger partial charge in [0.25, 0.3) is 5.69 Å². The molecule has 2 N–H and O–H groups in total. The zero-order valence-electron chi connectivity index (χ0n) is 12.6. The molecule has 1 saturated heterocycles. The topological polar surface area (TPSA) is 81.6 Å². The van der Waals surface area contributed by atoms with Crippen molar-refractivity contribution in [2.24, 2.45) is 11.7 Å². The van der Waals surface area contributed by atoms with Crippen molar-refractivity contribution in [3.63, 3.8) is 0 Å². The Balaban J connectivity index is 2.28. The number of hydrogen-bond acceptors (Lipinski definition) is 5. The smallest absolute Gasteiger partial charge is 0.275 e. The van der Waals surface area contributed by atoms with E-state index in [9.17, 15) is 10.1 Å². The zero-order valence-corrected chi connectivity index (χ0v) is 12.6. The van der Waals surface area contributed by atoms with E-state index in [1.54, 1.807) is 6.07 Å². The van der Waals surface area contributed by atoms with Gasteiger partial charge in [-0.25, -0.2) is 0 Å². The third-order valence-corrected chi connectivity index (χ3v) is 3.62. The molecule has 0 saturated carbocycles. The second-order valence-electron chi connectivity index (χ2n) is 5.80. The summed E-state index contributed by atoms with van der Waals surface area (Å²) in [5.74, 6) is 1.03. The lowest BCUT2D eigenvalue weighted by Crippen LogP contribution is -2.46. The number of nitrogens with two attached hydrogens (primary N) is 1. The molecule has 2 rings (SSSR count). The van der Waals surface area contributed by atoms with Gasteiger partial charge in [-0.3, -0.25) is 10.1 Å². The summed E-state index contributed by atoms with van der Waals surface area (Å²) in [5.41, 5.74) is 6.94. The van der Waals surface area contributed by atoms with Gasteiger partial charge in [-0.05, 0) is 18.8 Å². The van der Waals surface area contributed by atoms with E-state index in [0.29, 0.717) is 18.3 Å². The van der Waals surface area contributed by atoms with Gasteiger partial charge < -0.3 is 15.4 Å². The number of hydrogen-bond donors (Lipinski definition) is 1. The molecule has 21 heavy (non-hydrogen) atoms. The molecule has 0 radical (unpaired) electrons. The van der Waals surface area contributed by atoms with Gasteiger partial charge in [-0.15, -0.1) is 0 Å². The maximum absolute atomic E-state index is 11.1. The Morgan fingerprint density at radius 3 is 2.81 bits per heavy atom. The van der Waals surface area contributed by atoms with E-state index in [4.69, 9.17) is 10.5 Å². The first-order chi connectivity index (χ1) is 9.99. The van der Waals surface area contributed by atoms with Crippen LogP contribution in [0.25, 0.3) is 0 Å². The molecule has 0 spiro atoms. The number of nitro groups is 1. The number of ether oxygens (including phenoxy) is 1. The summed E-state index contributed by atoms with van der Waals surface area (Å²) in [6.45, 7) is 6.29. The van der Waals surface area contributed by atoms with E-state index in [1.165, 1.54) is 6.07 Å². The zero-order chi connectivity index (χ0) is 15.4. The molecule has 2 atom stereocenters. The largest absolute Gasteiger partial charge is 0.493 e. The van der Waals surface area contributed by atoms with Gasteiger partial charge in [0.15, 0.2) is 0 Å². The van der Waals surface area contributed by atoms with Gasteiger partial charge >= 0.3 is 0 Å². The van der Waals surface area contributed by atoms with E-state index >= 15 is 0 Å². The fourth-order valence-corrected chi connectivity index (χ4v) is 2.77. The Hall–Kier alpha value is -1.82. The Bertz CT molecular complexity index is 497. The molecular weight excluding hydrogens is 270 g/mol. The van der Waals surface area contributed by atoms with Gasteiger partial charge in [0.05, 0.1) is 17.6 Å². The maximum Gasteiger partial charge on any atom is 0.275 e. The van der Waals surface area contributed by atoms with Crippen LogP contribution in [0.4, 0.5) is 11.4 Å². The van der Waals surface area contributed by atoms with Crippen molar-refractivity contribution in [3.8, 4) is 5.75 Å². The van der Waals surface area contributed by atoms with Crippen molar-refractivity contribution in [2.75, 3.05) is 24.6 Å². The highest BCUT2D eigenvalue weighted by atomic mass is 16.6. The summed E-state index contributed by atoms with van der Waals surface area (Å²) in [6, 6.07) is 5.05. The minimum atomic E-state index is -0.379. The van der Waals surface area contributed by atoms with Gasteiger partial charge in [0.2, 0.25) is 0 Å². The standard InChI is InChI=1S/C15H23N3O3/c1-3-4-21-15-7-13(6-14(8-15)18(19)20)17-9-11(2)5-12(16)10-17/h6-8,11-12H,3-5,9-10,16H2,1-2H3. The first-order valence-corrected chi connectivity index (χ1v) is 7.42. The maximum atomic E-state index is 11.1. The summed E-state index contributed by atoms with van der Waals surface area (Å²) in [7, 11) is 0. The number of nitrogens with zero attached hydrogens (tertiary/aromatic N) is 2. The Morgan fingerprint density at radius 2 is 2.19 bits per heavy atom. The molecule has 0 amide bonds. The van der Waals surface area contributed by atoms with Crippen LogP contribution in [0.3, 0.4) is 0 Å². The van der Waals surface area contributed by atoms with Gasteiger partial charge in [0.1, 0.15) is 5.75 Å². The molecule has 1 aromatic carbocycles. The average molecular weight is 293 g/mol. The predicted molar refractivity (Wildman–Crippen MR) is 82.9 cm³/mol. The molecule has 6 heteroatoms. The van der Waals surface area contributed by atoms with Crippen LogP contribution in [0, 0.1) is 16.0 Å². The number of rotatable bonds is 5. The van der Waals surface area contributed by atoms with Crippen LogP contribution in [0.2, 0.25) is 0 Å². The number of anilines is 1. The quantitative estimate of drug-likeness (QED) is 0.666. The van der Waals surface area contributed by atoms with Crippen LogP contribution < -0.4 is 15.4 Å². The van der Waals surface area contributed by atoms with E-state index in [2.05, 4.69) is 11.8 Å². The predicted octanol–water partition coefficient (Wildman–Crippen LogP) is 2.56. The van der Waals surface area contributed by atoms with Gasteiger partial charge in [-0.1, -0.05) is 13.8 Å². The molecule has 1 fully saturated rings. The number of nitro benzene ring substituents is 1. The highest BCUT2D eigenvalue weighted by molar-refractivity contribution is 5.58. The third-order valence-electron chi connectivity index (χ3n) is 3.62. The molecule has 1 aromatic rings. The molecule has 1 aliphatic rings. The fraction of sp³-hybridized carbons (Fsp3) is 0.600. The molecule has 1 heterocycles. The van der Waals surface area contributed by atoms with Gasteiger partial charge in [-0.2, -0.15) is 0 Å². The van der Waals surface area contributed by atoms with E-state index < -0.39 is 0 Å². The second-order valence-corrected chi connectivity index (χ2v) is 5.80. The van der Waals surface area contributed by atoms with Crippen LogP contribution in [0.1, 0.15) is 26.7 Å². The normalized spacial score (nSPS) is 22.1. The highest BCUT2D eigenvalue weighted by Crippen LogP contribution is 2.31. The third kappa shape index (κ3) is 4.07. The monoisotopic (exact) mass is 293 g/mol. The number of piperidine rings is 1. The van der Waals surface area contributed by atoms with E-state index in [1.807, 2.05) is 13.0 Å². The van der Waals surface area contributed by atoms with Crippen LogP contribution >= 0.6 is 0 Å². The van der Waals surface area contributed by atoms with E-state index in [0.717, 1.165) is 31.6 Å². The minimum absolute atomic E-state index is 0.0606. The summed E-state index contributed by atoms with van der Waals surface area (Å²) in [4.78, 5) is 12.8. The minimum Gasteiger partial charge on any atom is -0.493 e. The Labute approximate surface area is 125 Å². The lowest BCUT2D eigenvalue weighted by molar-refractivity contribution is -0.384. The molecule has 0 aromatic heterocycles. The Morgan fingerprint density at radius 1 is 1.43 bits per heavy atom. The molecule has 0 aliphatic carbocycles. The number of benzene rings is 1. The van der Waals surface area contributed by atoms with Crippen LogP contribution in [-0.2, 0) is 0 Å². The second kappa shape index (κ2) is 6.76. The summed E-state index contributed by atoms with van der Waals surface area (Å²) >= 11 is 0. The van der Waals surface area contributed by atoms with Gasteiger partial charge in [0, 0.05) is 37.0 Å². The first kappa shape index (κ1) is 15.6. The van der Waals surface area contributed by atoms with Crippen molar-refractivity contribution < 1.29 is 9.66 Å². The Kier molecular flexibility index (Phi) is 5.01. The van der Waals surface area contributed by atoms with Crippen molar-refractivity contribution in [1.82, 2.24) is 0 Å². The van der Waals surface area contributed by atoms with Crippen LogP contribution in [0.15, 0.2) is 18.2 Å². The first-order valence-electron chi connectivity index (χ1n) is 7.42. The lowest BCUT2D eigenvalue weighted by atomic mass is 9.96. The average Bonchev–Trinajstić information content (AvgIpc) is 2.43. The SMILES string of the molecule is CCCOc1cc(N2CC(C)CC(N)C2)cc([N+](=O)[O-])c1. The van der Waals surface area contributed by atoms with E-state index in [-0.39, 0.29) is 16.7 Å². The van der Waals surface area contributed by atoms with Crippen molar-refractivity contribution >= 4 is 11.4 Å². The number of non-ortho nitro benzene ring substituents is 1. The van der Waals surface area contributed by atoms with Crippen LogP contribution in [-0.4, -0.2) is 30.7 Å². The van der Waals surface area contributed by atoms with Crippen LogP contribution in [0.5, 0.6) is 5.75 Å². The lowest BCUT2D eigenvalue weighted by Gasteiger charge is -2.36. The highest BCUT2D eigenvalue weighted by Gasteiger charge is 2.24.